The van der Waals surface area contributed by atoms with Crippen molar-refractivity contribution in [3.05, 3.63) is 40.0 Å². The molecular formula is C11H10BrN. The summed E-state index contributed by atoms with van der Waals surface area (Å²) in [6, 6.07) is 6.22. The molecule has 0 fully saturated rings. The van der Waals surface area contributed by atoms with E-state index in [-0.39, 0.29) is 0 Å². The lowest BCUT2D eigenvalue weighted by Crippen LogP contribution is -1.86. The summed E-state index contributed by atoms with van der Waals surface area (Å²) in [6.45, 7) is 4.19. The lowest BCUT2D eigenvalue weighted by atomic mass is 10.1. The van der Waals surface area contributed by atoms with Gasteiger partial charge in [0.05, 0.1) is 5.52 Å². The maximum atomic E-state index is 4.37. The van der Waals surface area contributed by atoms with Gasteiger partial charge in [0.25, 0.3) is 0 Å². The summed E-state index contributed by atoms with van der Waals surface area (Å²) < 4.78 is 1.12. The molecule has 0 bridgehead atoms. The first kappa shape index (κ1) is 8.70. The number of hydrogen-bond donors (Lipinski definition) is 0. The molecule has 0 N–H and O–H groups in total. The van der Waals surface area contributed by atoms with Crippen molar-refractivity contribution in [1.82, 2.24) is 4.98 Å². The van der Waals surface area contributed by atoms with Crippen molar-refractivity contribution in [2.45, 2.75) is 13.8 Å². The predicted octanol–water partition coefficient (Wildman–Crippen LogP) is 3.61. The van der Waals surface area contributed by atoms with Crippen molar-refractivity contribution < 1.29 is 0 Å². The molecule has 66 valence electrons. The van der Waals surface area contributed by atoms with Gasteiger partial charge in [-0.05, 0) is 37.1 Å². The Morgan fingerprint density at radius 2 is 1.92 bits per heavy atom. The quantitative estimate of drug-likeness (QED) is 0.680. The molecule has 0 saturated carbocycles. The lowest BCUT2D eigenvalue weighted by molar-refractivity contribution is 1.32. The van der Waals surface area contributed by atoms with Gasteiger partial charge in [0.2, 0.25) is 0 Å². The van der Waals surface area contributed by atoms with E-state index in [1.807, 2.05) is 12.3 Å². The van der Waals surface area contributed by atoms with Crippen LogP contribution in [0.5, 0.6) is 0 Å². The predicted molar refractivity (Wildman–Crippen MR) is 58.9 cm³/mol. The van der Waals surface area contributed by atoms with E-state index < -0.39 is 0 Å². The van der Waals surface area contributed by atoms with Gasteiger partial charge in [0.15, 0.2) is 0 Å². The van der Waals surface area contributed by atoms with Crippen molar-refractivity contribution in [2.75, 3.05) is 0 Å². The van der Waals surface area contributed by atoms with Crippen molar-refractivity contribution in [2.24, 2.45) is 0 Å². The van der Waals surface area contributed by atoms with E-state index in [2.05, 4.69) is 46.9 Å². The van der Waals surface area contributed by atoms with Gasteiger partial charge in [0, 0.05) is 16.1 Å². The van der Waals surface area contributed by atoms with Gasteiger partial charge in [-0.15, -0.1) is 0 Å². The number of nitrogens with zero attached hydrogens (tertiary/aromatic N) is 1. The van der Waals surface area contributed by atoms with E-state index >= 15 is 0 Å². The normalized spacial score (nSPS) is 10.7. The van der Waals surface area contributed by atoms with E-state index in [9.17, 15) is 0 Å². The fourth-order valence-electron chi connectivity index (χ4n) is 1.47. The van der Waals surface area contributed by atoms with Crippen LogP contribution in [0.15, 0.2) is 28.9 Å². The zero-order valence-corrected chi connectivity index (χ0v) is 9.22. The van der Waals surface area contributed by atoms with Crippen LogP contribution in [0.3, 0.4) is 0 Å². The second-order valence-electron chi connectivity index (χ2n) is 3.20. The number of aromatic nitrogens is 1. The molecule has 0 atom stereocenters. The monoisotopic (exact) mass is 235 g/mol. The summed E-state index contributed by atoms with van der Waals surface area (Å²) in [6.07, 6.45) is 1.86. The lowest BCUT2D eigenvalue weighted by Gasteiger charge is -2.05. The number of halogens is 1. The molecule has 0 amide bonds. The number of benzene rings is 1. The largest absolute Gasteiger partial charge is 0.256 e. The molecule has 0 aliphatic heterocycles. The smallest absolute Gasteiger partial charge is 0.0744 e. The van der Waals surface area contributed by atoms with Crippen LogP contribution in [0.1, 0.15) is 11.1 Å². The molecule has 0 saturated heterocycles. The van der Waals surface area contributed by atoms with Gasteiger partial charge in [-0.2, -0.15) is 0 Å². The molecule has 1 nitrogen and oxygen atoms in total. The summed E-state index contributed by atoms with van der Waals surface area (Å²) in [7, 11) is 0. The molecule has 0 radical (unpaired) electrons. The second kappa shape index (κ2) is 3.11. The fraction of sp³-hybridized carbons (Fsp3) is 0.182. The summed E-state index contributed by atoms with van der Waals surface area (Å²) in [5.74, 6) is 0. The number of hydrogen-bond acceptors (Lipinski definition) is 1. The van der Waals surface area contributed by atoms with E-state index in [0.29, 0.717) is 0 Å². The third-order valence-electron chi connectivity index (χ3n) is 2.32. The minimum Gasteiger partial charge on any atom is -0.256 e. The van der Waals surface area contributed by atoms with Crippen LogP contribution in [0.4, 0.5) is 0 Å². The van der Waals surface area contributed by atoms with Crippen molar-refractivity contribution in [3.8, 4) is 0 Å². The highest BCUT2D eigenvalue weighted by Gasteiger charge is 2.03. The Balaban J connectivity index is 2.94. The Hall–Kier alpha value is -0.890. The van der Waals surface area contributed by atoms with Crippen LogP contribution in [-0.4, -0.2) is 4.98 Å². The van der Waals surface area contributed by atoms with E-state index in [0.717, 1.165) is 9.99 Å². The standard InChI is InChI=1S/C11H10BrN/c1-7-5-6-13-11-8(2)10(12)4-3-9(7)11/h3-6H,1-2H3. The number of fused-ring (bicyclic) bond motifs is 1. The van der Waals surface area contributed by atoms with Crippen molar-refractivity contribution in [3.63, 3.8) is 0 Å². The van der Waals surface area contributed by atoms with Crippen molar-refractivity contribution >= 4 is 26.8 Å². The molecule has 1 heterocycles. The molecule has 0 unspecified atom stereocenters. The topological polar surface area (TPSA) is 12.9 Å². The summed E-state index contributed by atoms with van der Waals surface area (Å²) in [5.41, 5.74) is 3.58. The molecule has 1 aromatic carbocycles. The van der Waals surface area contributed by atoms with Crippen LogP contribution in [0.25, 0.3) is 10.9 Å². The zero-order valence-electron chi connectivity index (χ0n) is 7.63. The first-order valence-corrected chi connectivity index (χ1v) is 5.00. The van der Waals surface area contributed by atoms with Gasteiger partial charge in [-0.25, -0.2) is 0 Å². The molecule has 2 rings (SSSR count). The number of aryl methyl sites for hydroxylation is 2. The van der Waals surface area contributed by atoms with Crippen LogP contribution in [0.2, 0.25) is 0 Å². The Morgan fingerprint density at radius 1 is 1.15 bits per heavy atom. The highest BCUT2D eigenvalue weighted by Crippen LogP contribution is 2.25. The molecular weight excluding hydrogens is 226 g/mol. The SMILES string of the molecule is Cc1ccnc2c(C)c(Br)ccc12. The highest BCUT2D eigenvalue weighted by molar-refractivity contribution is 9.10. The maximum absolute atomic E-state index is 4.37. The molecule has 0 spiro atoms. The zero-order chi connectivity index (χ0) is 9.42. The van der Waals surface area contributed by atoms with Gasteiger partial charge in [-0.3, -0.25) is 4.98 Å². The Kier molecular flexibility index (Phi) is 2.08. The maximum Gasteiger partial charge on any atom is 0.0744 e. The Bertz CT molecular complexity index is 463. The Morgan fingerprint density at radius 3 is 2.69 bits per heavy atom. The van der Waals surface area contributed by atoms with Gasteiger partial charge >= 0.3 is 0 Å². The molecule has 13 heavy (non-hydrogen) atoms. The average Bonchev–Trinajstić information content (AvgIpc) is 2.12. The molecule has 2 aromatic rings. The molecule has 0 aliphatic carbocycles. The van der Waals surface area contributed by atoms with E-state index in [4.69, 9.17) is 0 Å². The third kappa shape index (κ3) is 1.35. The van der Waals surface area contributed by atoms with E-state index in [1.54, 1.807) is 0 Å². The molecule has 0 aliphatic rings. The Labute approximate surface area is 85.9 Å². The van der Waals surface area contributed by atoms with E-state index in [1.165, 1.54) is 16.5 Å². The minimum absolute atomic E-state index is 1.09. The summed E-state index contributed by atoms with van der Waals surface area (Å²) in [5, 5.41) is 1.24. The van der Waals surface area contributed by atoms with Gasteiger partial charge in [-0.1, -0.05) is 22.0 Å². The fourth-order valence-corrected chi connectivity index (χ4v) is 1.79. The average molecular weight is 236 g/mol. The number of rotatable bonds is 0. The highest BCUT2D eigenvalue weighted by atomic mass is 79.9. The van der Waals surface area contributed by atoms with Crippen LogP contribution in [-0.2, 0) is 0 Å². The summed E-state index contributed by atoms with van der Waals surface area (Å²) in [4.78, 5) is 4.37. The van der Waals surface area contributed by atoms with Crippen LogP contribution >= 0.6 is 15.9 Å². The first-order chi connectivity index (χ1) is 6.20. The van der Waals surface area contributed by atoms with Crippen molar-refractivity contribution in [1.29, 1.82) is 0 Å². The van der Waals surface area contributed by atoms with Crippen LogP contribution in [0, 0.1) is 13.8 Å². The second-order valence-corrected chi connectivity index (χ2v) is 4.05. The third-order valence-corrected chi connectivity index (χ3v) is 3.18. The summed E-state index contributed by atoms with van der Waals surface area (Å²) >= 11 is 3.50. The molecule has 1 aromatic heterocycles. The van der Waals surface area contributed by atoms with Gasteiger partial charge < -0.3 is 0 Å². The number of pyridine rings is 1. The van der Waals surface area contributed by atoms with Crippen LogP contribution < -0.4 is 0 Å². The molecule has 2 heteroatoms. The van der Waals surface area contributed by atoms with Gasteiger partial charge in [0.1, 0.15) is 0 Å². The first-order valence-electron chi connectivity index (χ1n) is 4.20. The minimum atomic E-state index is 1.09.